The van der Waals surface area contributed by atoms with E-state index in [0.29, 0.717) is 0 Å². The molecule has 0 saturated heterocycles. The van der Waals surface area contributed by atoms with E-state index in [1.807, 2.05) is 0 Å². The first-order chi connectivity index (χ1) is 2.91. The number of nitrogens with one attached hydrogen (secondary N) is 2. The summed E-state index contributed by atoms with van der Waals surface area (Å²) in [6, 6.07) is 0. The van der Waals surface area contributed by atoms with Crippen LogP contribution in [-0.4, -0.2) is 13.1 Å². The second kappa shape index (κ2) is 16.2. The van der Waals surface area contributed by atoms with E-state index in [1.54, 1.807) is 0 Å². The quantitative estimate of drug-likeness (QED) is 0.625. The molecule has 43 valence electrons. The zero-order chi connectivity index (χ0) is 5.41. The van der Waals surface area contributed by atoms with E-state index in [-0.39, 0.29) is 13.1 Å². The fourth-order valence-corrected chi connectivity index (χ4v) is 0. The molecule has 0 spiro atoms. The molecule has 2 N–H and O–H groups in total. The van der Waals surface area contributed by atoms with Crippen molar-refractivity contribution in [3.63, 3.8) is 0 Å². The first kappa shape index (κ1) is 10.3. The Hall–Kier alpha value is 1.34. The van der Waals surface area contributed by atoms with Gasteiger partial charge in [0, 0.05) is 0 Å². The maximum atomic E-state index is 6.26. The van der Waals surface area contributed by atoms with Crippen molar-refractivity contribution in [1.29, 1.82) is 0 Å². The molecule has 0 bridgehead atoms. The summed E-state index contributed by atoms with van der Waals surface area (Å²) in [5.41, 5.74) is 12.5. The van der Waals surface area contributed by atoms with Gasteiger partial charge in [0.1, 0.15) is 0 Å². The van der Waals surface area contributed by atoms with Crippen molar-refractivity contribution in [1.82, 2.24) is 0 Å². The third-order valence-corrected chi connectivity index (χ3v) is 0.125. The second-order valence-electron chi connectivity index (χ2n) is 0.500. The van der Waals surface area contributed by atoms with Gasteiger partial charge in [0.15, 0.2) is 0 Å². The molecule has 6 heavy (non-hydrogen) atoms. The summed E-state index contributed by atoms with van der Waals surface area (Å²) >= 11 is 4.23. The van der Waals surface area contributed by atoms with Crippen molar-refractivity contribution >= 4 is 19.4 Å². The van der Waals surface area contributed by atoms with Crippen molar-refractivity contribution in [2.45, 2.75) is 0 Å². The van der Waals surface area contributed by atoms with Gasteiger partial charge in [0.25, 0.3) is 0 Å². The SMILES string of the molecule is [I][Pt].[NH-]CC[NH-]. The molecule has 0 amide bonds. The van der Waals surface area contributed by atoms with Crippen LogP contribution in [0.3, 0.4) is 0 Å². The summed E-state index contributed by atoms with van der Waals surface area (Å²) in [6.45, 7) is 0.472. The molecule has 0 heterocycles. The van der Waals surface area contributed by atoms with E-state index in [4.69, 9.17) is 11.5 Å². The zero-order valence-corrected chi connectivity index (χ0v) is 7.54. The fraction of sp³-hybridized carbons (Fsp3) is 1.00. The summed E-state index contributed by atoms with van der Waals surface area (Å²) in [4.78, 5) is 0. The van der Waals surface area contributed by atoms with Crippen LogP contribution in [0, 0.1) is 0 Å². The Morgan fingerprint density at radius 3 is 1.33 bits per heavy atom. The third kappa shape index (κ3) is 18.4. The number of hydrogen-bond acceptors (Lipinski definition) is 0. The normalized spacial score (nSPS) is 6.17. The molecular formula is C2H6IN2Pt-2. The van der Waals surface area contributed by atoms with Crippen molar-refractivity contribution in [3.05, 3.63) is 11.5 Å². The third-order valence-electron chi connectivity index (χ3n) is 0.125. The molecule has 0 saturated carbocycles. The van der Waals surface area contributed by atoms with Crippen LogP contribution < -0.4 is 0 Å². The molecule has 0 rings (SSSR count). The predicted octanol–water partition coefficient (Wildman–Crippen LogP) is 1.97. The molecule has 0 aromatic rings. The number of halogens is 1. The summed E-state index contributed by atoms with van der Waals surface area (Å²) in [6.07, 6.45) is 0. The molecule has 0 fully saturated rings. The summed E-state index contributed by atoms with van der Waals surface area (Å²) < 4.78 is 0. The topological polar surface area (TPSA) is 47.6 Å². The number of rotatable bonds is 1. The molecule has 0 aliphatic carbocycles. The largest absolute Gasteiger partial charge is 0.679 e. The molecule has 4 heteroatoms. The number of hydrogen-bond donors (Lipinski definition) is 0. The summed E-state index contributed by atoms with van der Waals surface area (Å²) in [7, 11) is 0. The first-order valence-electron chi connectivity index (χ1n) is 1.33. The van der Waals surface area contributed by atoms with Gasteiger partial charge in [-0.05, 0) is 0 Å². The summed E-state index contributed by atoms with van der Waals surface area (Å²) in [5.74, 6) is 0. The average Bonchev–Trinajstić information content (AvgIpc) is 1.72. The van der Waals surface area contributed by atoms with Crippen LogP contribution in [0.5, 0.6) is 0 Å². The second-order valence-corrected chi connectivity index (χ2v) is 0.500. The minimum atomic E-state index is 0.236. The Kier molecular flexibility index (Phi) is 27.9. The van der Waals surface area contributed by atoms with Crippen molar-refractivity contribution in [2.75, 3.05) is 13.1 Å². The Balaban J connectivity index is 0. The molecule has 0 atom stereocenters. The molecule has 0 aromatic heterocycles. The molecule has 0 aromatic carbocycles. The smallest absolute Gasteiger partial charge is 0.171 e. The first-order valence-corrected chi connectivity index (χ1v) is 7.77. The Labute approximate surface area is 59.8 Å². The van der Waals surface area contributed by atoms with Gasteiger partial charge in [-0.2, -0.15) is 13.1 Å². The van der Waals surface area contributed by atoms with Gasteiger partial charge in [-0.1, -0.05) is 0 Å². The monoisotopic (exact) mass is 380 g/mol. The minimum Gasteiger partial charge on any atom is -0.679 e. The van der Waals surface area contributed by atoms with Gasteiger partial charge in [0.2, 0.25) is 0 Å². The van der Waals surface area contributed by atoms with E-state index in [2.05, 4.69) is 35.5 Å². The molecule has 0 aliphatic heterocycles. The van der Waals surface area contributed by atoms with E-state index in [0.717, 1.165) is 0 Å². The zero-order valence-electron chi connectivity index (χ0n) is 3.11. The van der Waals surface area contributed by atoms with Crippen LogP contribution >= 0.6 is 19.4 Å². The van der Waals surface area contributed by atoms with Crippen LogP contribution in [0.15, 0.2) is 0 Å². The van der Waals surface area contributed by atoms with E-state index < -0.39 is 0 Å². The summed E-state index contributed by atoms with van der Waals surface area (Å²) in [5, 5.41) is 0. The average molecular weight is 380 g/mol. The Bertz CT molecular complexity index is 13.5. The van der Waals surface area contributed by atoms with E-state index in [9.17, 15) is 0 Å². The van der Waals surface area contributed by atoms with Crippen LogP contribution in [-0.2, 0) is 16.1 Å². The molecule has 2 nitrogen and oxygen atoms in total. The maximum absolute atomic E-state index is 6.26. The fourth-order valence-electron chi connectivity index (χ4n) is 0. The molecular weight excluding hydrogens is 374 g/mol. The van der Waals surface area contributed by atoms with Gasteiger partial charge in [0.05, 0.1) is 0 Å². The van der Waals surface area contributed by atoms with Gasteiger partial charge in [-0.25, -0.2) is 0 Å². The Morgan fingerprint density at radius 1 is 1.17 bits per heavy atom. The molecule has 0 unspecified atom stereocenters. The van der Waals surface area contributed by atoms with Gasteiger partial charge >= 0.3 is 35.5 Å². The van der Waals surface area contributed by atoms with Crippen molar-refractivity contribution in [2.24, 2.45) is 0 Å². The minimum absolute atomic E-state index is 0.236. The standard InChI is InChI=1S/C2H6N2.HI.Pt/c3-1-2-4;;/h3-4H,1-2H2;1H;/q-2;;+1/p-1. The van der Waals surface area contributed by atoms with Gasteiger partial charge < -0.3 is 11.5 Å². The van der Waals surface area contributed by atoms with Gasteiger partial charge in [-0.15, -0.1) is 0 Å². The van der Waals surface area contributed by atoms with Crippen LogP contribution in [0.25, 0.3) is 11.5 Å². The van der Waals surface area contributed by atoms with Crippen LogP contribution in [0.1, 0.15) is 0 Å². The van der Waals surface area contributed by atoms with E-state index in [1.165, 1.54) is 0 Å². The molecule has 0 aliphatic rings. The predicted molar refractivity (Wildman–Crippen MR) is 32.4 cm³/mol. The van der Waals surface area contributed by atoms with Gasteiger partial charge in [-0.3, -0.25) is 0 Å². The molecule has 0 radical (unpaired) electrons. The van der Waals surface area contributed by atoms with Crippen molar-refractivity contribution in [3.8, 4) is 0 Å². The van der Waals surface area contributed by atoms with Crippen LogP contribution in [0.4, 0.5) is 0 Å². The van der Waals surface area contributed by atoms with E-state index >= 15 is 0 Å². The van der Waals surface area contributed by atoms with Crippen LogP contribution in [0.2, 0.25) is 0 Å². The van der Waals surface area contributed by atoms with Crippen molar-refractivity contribution < 1.29 is 16.1 Å². The Morgan fingerprint density at radius 2 is 1.33 bits per heavy atom. The maximum Gasteiger partial charge on any atom is -0.171 e.